The molecule has 1 heteroatoms. The largest absolute Gasteiger partial charge is 0.309 e. The first-order chi connectivity index (χ1) is 24.3. The van der Waals surface area contributed by atoms with Gasteiger partial charge in [0.1, 0.15) is 0 Å². The van der Waals surface area contributed by atoms with Gasteiger partial charge in [0.15, 0.2) is 0 Å². The lowest BCUT2D eigenvalue weighted by Crippen LogP contribution is -1.93. The fourth-order valence-corrected chi connectivity index (χ4v) is 7.10. The van der Waals surface area contributed by atoms with E-state index in [0.29, 0.717) is 0 Å². The van der Waals surface area contributed by atoms with Crippen molar-refractivity contribution in [1.29, 1.82) is 0 Å². The topological polar surface area (TPSA) is 4.93 Å². The van der Waals surface area contributed by atoms with Gasteiger partial charge in [-0.05, 0) is 98.1 Å². The SMILES string of the molecule is c1ccc(-c2ccc(-c3cc(-c4ccc(-c5ccccc5)cc4)cc(-c4ccc(-n5c6ccccc6c6ccccc65)cc4)c3)cc2)cc1. The lowest BCUT2D eigenvalue weighted by molar-refractivity contribution is 1.18. The van der Waals surface area contributed by atoms with Gasteiger partial charge in [0.05, 0.1) is 11.0 Å². The van der Waals surface area contributed by atoms with Gasteiger partial charge in [0.2, 0.25) is 0 Å². The summed E-state index contributed by atoms with van der Waals surface area (Å²) in [6, 6.07) is 72.4. The summed E-state index contributed by atoms with van der Waals surface area (Å²) in [4.78, 5) is 0. The Morgan fingerprint density at radius 1 is 0.224 bits per heavy atom. The molecule has 1 nitrogen and oxygen atoms in total. The highest BCUT2D eigenvalue weighted by atomic mass is 15.0. The van der Waals surface area contributed by atoms with Crippen LogP contribution >= 0.6 is 0 Å². The van der Waals surface area contributed by atoms with Gasteiger partial charge < -0.3 is 4.57 Å². The van der Waals surface area contributed by atoms with Crippen LogP contribution in [0.1, 0.15) is 0 Å². The summed E-state index contributed by atoms with van der Waals surface area (Å²) < 4.78 is 2.37. The van der Waals surface area contributed by atoms with E-state index in [1.54, 1.807) is 0 Å². The van der Waals surface area contributed by atoms with E-state index in [-0.39, 0.29) is 0 Å². The molecule has 0 aliphatic rings. The molecule has 8 aromatic carbocycles. The second-order valence-corrected chi connectivity index (χ2v) is 12.6. The van der Waals surface area contributed by atoms with E-state index in [2.05, 4.69) is 205 Å². The first-order valence-electron chi connectivity index (χ1n) is 16.8. The number of nitrogens with zero attached hydrogens (tertiary/aromatic N) is 1. The number of fused-ring (bicyclic) bond motifs is 3. The maximum Gasteiger partial charge on any atom is 0.0541 e. The summed E-state index contributed by atoms with van der Waals surface area (Å²) in [7, 11) is 0. The molecule has 0 saturated carbocycles. The molecular formula is C48H33N. The Hall–Kier alpha value is -6.44. The van der Waals surface area contributed by atoms with E-state index < -0.39 is 0 Å². The number of benzene rings is 8. The number of hydrogen-bond donors (Lipinski definition) is 0. The number of para-hydroxylation sites is 2. The molecule has 0 spiro atoms. The third kappa shape index (κ3) is 5.42. The van der Waals surface area contributed by atoms with Gasteiger partial charge in [-0.1, -0.05) is 158 Å². The third-order valence-electron chi connectivity index (χ3n) is 9.62. The van der Waals surface area contributed by atoms with Crippen LogP contribution in [0.25, 0.3) is 83.1 Å². The zero-order chi connectivity index (χ0) is 32.6. The Morgan fingerprint density at radius 2 is 0.510 bits per heavy atom. The van der Waals surface area contributed by atoms with Crippen molar-refractivity contribution in [2.75, 3.05) is 0 Å². The van der Waals surface area contributed by atoms with Gasteiger partial charge in [-0.25, -0.2) is 0 Å². The van der Waals surface area contributed by atoms with Crippen molar-refractivity contribution in [3.05, 3.63) is 200 Å². The highest BCUT2D eigenvalue weighted by Crippen LogP contribution is 2.36. The summed E-state index contributed by atoms with van der Waals surface area (Å²) in [5, 5.41) is 2.55. The number of hydrogen-bond acceptors (Lipinski definition) is 0. The number of aromatic nitrogens is 1. The molecule has 0 radical (unpaired) electrons. The molecule has 0 unspecified atom stereocenters. The van der Waals surface area contributed by atoms with Gasteiger partial charge in [-0.2, -0.15) is 0 Å². The maximum atomic E-state index is 2.37. The van der Waals surface area contributed by atoms with Gasteiger partial charge in [0, 0.05) is 16.5 Å². The molecule has 9 aromatic rings. The second-order valence-electron chi connectivity index (χ2n) is 12.6. The van der Waals surface area contributed by atoms with Crippen molar-refractivity contribution in [2.45, 2.75) is 0 Å². The van der Waals surface area contributed by atoms with Crippen LogP contribution in [0.4, 0.5) is 0 Å². The fraction of sp³-hybridized carbons (Fsp3) is 0. The van der Waals surface area contributed by atoms with Crippen LogP contribution in [0.15, 0.2) is 200 Å². The van der Waals surface area contributed by atoms with Gasteiger partial charge in [0.25, 0.3) is 0 Å². The monoisotopic (exact) mass is 623 g/mol. The molecule has 0 aliphatic heterocycles. The van der Waals surface area contributed by atoms with Gasteiger partial charge in [-0.15, -0.1) is 0 Å². The minimum Gasteiger partial charge on any atom is -0.309 e. The summed E-state index contributed by atoms with van der Waals surface area (Å²) in [6.07, 6.45) is 0. The van der Waals surface area contributed by atoms with Crippen molar-refractivity contribution >= 4 is 21.8 Å². The predicted molar refractivity (Wildman–Crippen MR) is 208 cm³/mol. The standard InChI is InChI=1S/C48H33N/c1-3-11-34(12-4-1)36-19-23-38(24-20-36)41-31-42(39-25-21-37(22-26-39)35-13-5-2-6-14-35)33-43(32-41)40-27-29-44(30-28-40)49-47-17-9-7-15-45(47)46-16-8-10-18-48(46)49/h1-33H. The molecule has 0 amide bonds. The summed E-state index contributed by atoms with van der Waals surface area (Å²) >= 11 is 0. The Labute approximate surface area is 287 Å². The molecule has 0 aliphatic carbocycles. The normalized spacial score (nSPS) is 11.3. The molecule has 230 valence electrons. The van der Waals surface area contributed by atoms with E-state index >= 15 is 0 Å². The fourth-order valence-electron chi connectivity index (χ4n) is 7.10. The van der Waals surface area contributed by atoms with Crippen molar-refractivity contribution < 1.29 is 0 Å². The molecule has 1 heterocycles. The first-order valence-corrected chi connectivity index (χ1v) is 16.8. The van der Waals surface area contributed by atoms with E-state index in [4.69, 9.17) is 0 Å². The average molecular weight is 624 g/mol. The van der Waals surface area contributed by atoms with E-state index in [0.717, 1.165) is 5.69 Å². The van der Waals surface area contributed by atoms with Crippen molar-refractivity contribution in [3.63, 3.8) is 0 Å². The lowest BCUT2D eigenvalue weighted by Gasteiger charge is -2.14. The van der Waals surface area contributed by atoms with Crippen LogP contribution in [0.5, 0.6) is 0 Å². The van der Waals surface area contributed by atoms with E-state index in [9.17, 15) is 0 Å². The second kappa shape index (κ2) is 12.3. The van der Waals surface area contributed by atoms with Crippen LogP contribution in [0.3, 0.4) is 0 Å². The Bertz CT molecular complexity index is 2390. The summed E-state index contributed by atoms with van der Waals surface area (Å²) in [5.41, 5.74) is 15.7. The smallest absolute Gasteiger partial charge is 0.0541 e. The Kier molecular flexibility index (Phi) is 7.22. The van der Waals surface area contributed by atoms with Gasteiger partial charge in [-0.3, -0.25) is 0 Å². The molecule has 49 heavy (non-hydrogen) atoms. The van der Waals surface area contributed by atoms with Crippen LogP contribution in [-0.4, -0.2) is 4.57 Å². The van der Waals surface area contributed by atoms with Crippen molar-refractivity contribution in [2.24, 2.45) is 0 Å². The van der Waals surface area contributed by atoms with E-state index in [1.807, 2.05) is 0 Å². The first kappa shape index (κ1) is 28.8. The molecule has 0 fully saturated rings. The Balaban J connectivity index is 1.13. The quantitative estimate of drug-likeness (QED) is 0.174. The summed E-state index contributed by atoms with van der Waals surface area (Å²) in [6.45, 7) is 0. The van der Waals surface area contributed by atoms with Crippen LogP contribution in [0, 0.1) is 0 Å². The lowest BCUT2D eigenvalue weighted by atomic mass is 9.92. The van der Waals surface area contributed by atoms with E-state index in [1.165, 1.54) is 77.4 Å². The third-order valence-corrected chi connectivity index (χ3v) is 9.62. The van der Waals surface area contributed by atoms with Gasteiger partial charge >= 0.3 is 0 Å². The minimum atomic E-state index is 1.16. The summed E-state index contributed by atoms with van der Waals surface area (Å²) in [5.74, 6) is 0. The highest BCUT2D eigenvalue weighted by molar-refractivity contribution is 6.09. The van der Waals surface area contributed by atoms with Crippen molar-refractivity contribution in [1.82, 2.24) is 4.57 Å². The molecule has 0 bridgehead atoms. The highest BCUT2D eigenvalue weighted by Gasteiger charge is 2.13. The Morgan fingerprint density at radius 3 is 0.898 bits per heavy atom. The maximum absolute atomic E-state index is 2.37. The predicted octanol–water partition coefficient (Wildman–Crippen LogP) is 13.1. The molecular weight excluding hydrogens is 591 g/mol. The van der Waals surface area contributed by atoms with Crippen LogP contribution in [-0.2, 0) is 0 Å². The molecule has 1 aromatic heterocycles. The minimum absolute atomic E-state index is 1.16. The average Bonchev–Trinajstić information content (AvgIpc) is 3.53. The zero-order valence-corrected chi connectivity index (χ0v) is 27.0. The van der Waals surface area contributed by atoms with Crippen molar-refractivity contribution in [3.8, 4) is 61.3 Å². The number of rotatable bonds is 6. The van der Waals surface area contributed by atoms with Crippen LogP contribution < -0.4 is 0 Å². The molecule has 9 rings (SSSR count). The molecule has 0 N–H and O–H groups in total. The molecule has 0 saturated heterocycles. The zero-order valence-electron chi connectivity index (χ0n) is 27.0. The molecule has 0 atom stereocenters. The van der Waals surface area contributed by atoms with Crippen LogP contribution in [0.2, 0.25) is 0 Å².